The molecule has 1 atom stereocenters. The molecule has 0 bridgehead atoms. The van der Waals surface area contributed by atoms with Gasteiger partial charge in [-0.3, -0.25) is 4.79 Å². The van der Waals surface area contributed by atoms with Gasteiger partial charge in [-0.1, -0.05) is 18.2 Å². The van der Waals surface area contributed by atoms with Crippen LogP contribution < -0.4 is 5.32 Å². The van der Waals surface area contributed by atoms with Crippen LogP contribution in [0.1, 0.15) is 22.2 Å². The van der Waals surface area contributed by atoms with Gasteiger partial charge in [-0.05, 0) is 49.7 Å². The summed E-state index contributed by atoms with van der Waals surface area (Å²) in [5, 5.41) is 3.07. The monoisotopic (exact) mass is 357 g/mol. The second kappa shape index (κ2) is 7.03. The van der Waals surface area contributed by atoms with E-state index >= 15 is 0 Å². The van der Waals surface area contributed by atoms with Crippen molar-refractivity contribution in [3.63, 3.8) is 0 Å². The molecule has 1 amide bonds. The Labute approximate surface area is 148 Å². The van der Waals surface area contributed by atoms with Crippen LogP contribution in [0.25, 0.3) is 10.1 Å². The first-order valence-electron chi connectivity index (χ1n) is 7.70. The standard InChI is InChI=1S/C19H16FNO3S/c1-11-5-3-6-13(9-11)21-18(22)12(2)24-19(23)17-10-14-15(20)7-4-8-16(14)25-17/h3-10,12H,1-2H3,(H,21,22). The maximum absolute atomic E-state index is 13.7. The molecule has 0 radical (unpaired) electrons. The van der Waals surface area contributed by atoms with Crippen molar-refractivity contribution < 1.29 is 18.7 Å². The van der Waals surface area contributed by atoms with Crippen molar-refractivity contribution in [2.24, 2.45) is 0 Å². The number of amides is 1. The van der Waals surface area contributed by atoms with Crippen LogP contribution in [0, 0.1) is 12.7 Å². The maximum Gasteiger partial charge on any atom is 0.349 e. The number of hydrogen-bond acceptors (Lipinski definition) is 4. The van der Waals surface area contributed by atoms with E-state index in [1.165, 1.54) is 19.1 Å². The summed E-state index contributed by atoms with van der Waals surface area (Å²) in [6.45, 7) is 3.41. The minimum absolute atomic E-state index is 0.260. The third kappa shape index (κ3) is 3.85. The number of esters is 1. The Morgan fingerprint density at radius 2 is 1.92 bits per heavy atom. The Hall–Kier alpha value is -2.73. The number of carbonyl (C=O) groups is 2. The van der Waals surface area contributed by atoms with Gasteiger partial charge in [0.15, 0.2) is 6.10 Å². The van der Waals surface area contributed by atoms with Crippen molar-refractivity contribution in [2.75, 3.05) is 5.32 Å². The summed E-state index contributed by atoms with van der Waals surface area (Å²) in [4.78, 5) is 24.7. The summed E-state index contributed by atoms with van der Waals surface area (Å²) in [5.41, 5.74) is 1.64. The Morgan fingerprint density at radius 1 is 1.16 bits per heavy atom. The number of hydrogen-bond donors (Lipinski definition) is 1. The first-order chi connectivity index (χ1) is 11.9. The van der Waals surface area contributed by atoms with Crippen LogP contribution in [0.5, 0.6) is 0 Å². The van der Waals surface area contributed by atoms with Gasteiger partial charge in [0.2, 0.25) is 0 Å². The molecule has 0 aliphatic carbocycles. The number of anilines is 1. The van der Waals surface area contributed by atoms with Gasteiger partial charge in [0.05, 0.1) is 0 Å². The average Bonchev–Trinajstić information content (AvgIpc) is 3.00. The van der Waals surface area contributed by atoms with Gasteiger partial charge in [-0.15, -0.1) is 11.3 Å². The van der Waals surface area contributed by atoms with E-state index in [0.29, 0.717) is 15.8 Å². The number of rotatable bonds is 4. The zero-order valence-electron chi connectivity index (χ0n) is 13.7. The van der Waals surface area contributed by atoms with E-state index in [9.17, 15) is 14.0 Å². The molecule has 4 nitrogen and oxygen atoms in total. The van der Waals surface area contributed by atoms with Gasteiger partial charge in [0.25, 0.3) is 5.91 Å². The lowest BCUT2D eigenvalue weighted by molar-refractivity contribution is -0.123. The van der Waals surface area contributed by atoms with E-state index in [1.54, 1.807) is 18.2 Å². The number of aryl methyl sites for hydroxylation is 1. The number of nitrogens with one attached hydrogen (secondary N) is 1. The predicted octanol–water partition coefficient (Wildman–Crippen LogP) is 4.53. The fourth-order valence-corrected chi connectivity index (χ4v) is 3.32. The lowest BCUT2D eigenvalue weighted by Crippen LogP contribution is -2.29. The van der Waals surface area contributed by atoms with Crippen molar-refractivity contribution in [1.82, 2.24) is 0 Å². The lowest BCUT2D eigenvalue weighted by atomic mass is 10.2. The summed E-state index contributed by atoms with van der Waals surface area (Å²) in [6.07, 6.45) is -0.969. The van der Waals surface area contributed by atoms with E-state index in [4.69, 9.17) is 4.74 Å². The van der Waals surface area contributed by atoms with Gasteiger partial charge in [-0.2, -0.15) is 0 Å². The minimum Gasteiger partial charge on any atom is -0.448 e. The molecule has 2 aromatic carbocycles. The van der Waals surface area contributed by atoms with Crippen molar-refractivity contribution in [2.45, 2.75) is 20.0 Å². The molecule has 1 unspecified atom stereocenters. The Kier molecular flexibility index (Phi) is 4.81. The zero-order valence-corrected chi connectivity index (χ0v) is 14.5. The van der Waals surface area contributed by atoms with Gasteiger partial charge in [-0.25, -0.2) is 9.18 Å². The number of halogens is 1. The molecule has 3 aromatic rings. The molecule has 1 N–H and O–H groups in total. The largest absolute Gasteiger partial charge is 0.448 e. The normalized spacial score (nSPS) is 12.0. The predicted molar refractivity (Wildman–Crippen MR) is 96.5 cm³/mol. The van der Waals surface area contributed by atoms with Crippen LogP contribution >= 0.6 is 11.3 Å². The quantitative estimate of drug-likeness (QED) is 0.698. The SMILES string of the molecule is Cc1cccc(NC(=O)C(C)OC(=O)c2cc3c(F)cccc3s2)c1. The van der Waals surface area contributed by atoms with Gasteiger partial charge >= 0.3 is 5.97 Å². The van der Waals surface area contributed by atoms with Crippen molar-refractivity contribution in [3.05, 3.63) is 64.8 Å². The van der Waals surface area contributed by atoms with Crippen molar-refractivity contribution in [1.29, 1.82) is 0 Å². The molecule has 1 aromatic heterocycles. The zero-order chi connectivity index (χ0) is 18.0. The van der Waals surface area contributed by atoms with Gasteiger partial charge < -0.3 is 10.1 Å². The first-order valence-corrected chi connectivity index (χ1v) is 8.52. The van der Waals surface area contributed by atoms with Crippen LogP contribution in [0.4, 0.5) is 10.1 Å². The van der Waals surface area contributed by atoms with Crippen LogP contribution in [-0.2, 0) is 9.53 Å². The van der Waals surface area contributed by atoms with Crippen LogP contribution in [-0.4, -0.2) is 18.0 Å². The third-order valence-electron chi connectivity index (χ3n) is 3.65. The highest BCUT2D eigenvalue weighted by Crippen LogP contribution is 2.28. The smallest absolute Gasteiger partial charge is 0.349 e. The fraction of sp³-hybridized carbons (Fsp3) is 0.158. The molecular formula is C19H16FNO3S. The Balaban J connectivity index is 1.68. The topological polar surface area (TPSA) is 55.4 Å². The molecule has 0 aliphatic heterocycles. The molecule has 0 fully saturated rings. The Bertz CT molecular complexity index is 951. The summed E-state index contributed by atoms with van der Waals surface area (Å²) in [5.74, 6) is -1.46. The van der Waals surface area contributed by atoms with E-state index in [0.717, 1.165) is 16.9 Å². The van der Waals surface area contributed by atoms with E-state index in [1.807, 2.05) is 25.1 Å². The van der Waals surface area contributed by atoms with Crippen LogP contribution in [0.15, 0.2) is 48.5 Å². The van der Waals surface area contributed by atoms with E-state index in [2.05, 4.69) is 5.32 Å². The Morgan fingerprint density at radius 3 is 2.64 bits per heavy atom. The molecule has 1 heterocycles. The first kappa shape index (κ1) is 17.1. The highest BCUT2D eigenvalue weighted by molar-refractivity contribution is 7.20. The highest BCUT2D eigenvalue weighted by atomic mass is 32.1. The number of ether oxygens (including phenoxy) is 1. The van der Waals surface area contributed by atoms with E-state index < -0.39 is 23.8 Å². The summed E-state index contributed by atoms with van der Waals surface area (Å²) >= 11 is 1.13. The molecule has 0 saturated heterocycles. The number of carbonyl (C=O) groups excluding carboxylic acids is 2. The van der Waals surface area contributed by atoms with Crippen molar-refractivity contribution in [3.8, 4) is 0 Å². The van der Waals surface area contributed by atoms with Crippen LogP contribution in [0.3, 0.4) is 0 Å². The number of thiophene rings is 1. The summed E-state index contributed by atoms with van der Waals surface area (Å²) in [7, 11) is 0. The number of fused-ring (bicyclic) bond motifs is 1. The van der Waals surface area contributed by atoms with Crippen molar-refractivity contribution >= 4 is 39.0 Å². The molecule has 0 aliphatic rings. The summed E-state index contributed by atoms with van der Waals surface area (Å²) in [6, 6.07) is 13.4. The van der Waals surface area contributed by atoms with Gasteiger partial charge in [0, 0.05) is 15.8 Å². The molecular weight excluding hydrogens is 341 g/mol. The molecule has 0 spiro atoms. The highest BCUT2D eigenvalue weighted by Gasteiger charge is 2.21. The van der Waals surface area contributed by atoms with Crippen LogP contribution in [0.2, 0.25) is 0 Å². The molecule has 3 rings (SSSR count). The number of benzene rings is 2. The third-order valence-corrected chi connectivity index (χ3v) is 4.73. The maximum atomic E-state index is 13.7. The molecule has 128 valence electrons. The molecule has 6 heteroatoms. The molecule has 0 saturated carbocycles. The minimum atomic E-state index is -0.969. The second-order valence-electron chi connectivity index (χ2n) is 5.67. The summed E-state index contributed by atoms with van der Waals surface area (Å²) < 4.78 is 19.6. The molecule has 25 heavy (non-hydrogen) atoms. The fourth-order valence-electron chi connectivity index (χ4n) is 2.36. The lowest BCUT2D eigenvalue weighted by Gasteiger charge is -2.13. The average molecular weight is 357 g/mol. The van der Waals surface area contributed by atoms with Gasteiger partial charge in [0.1, 0.15) is 10.7 Å². The van der Waals surface area contributed by atoms with E-state index in [-0.39, 0.29) is 4.88 Å². The second-order valence-corrected chi connectivity index (χ2v) is 6.75.